The van der Waals surface area contributed by atoms with Crippen LogP contribution in [0.15, 0.2) is 76.7 Å². The molecule has 0 aliphatic heterocycles. The minimum Gasteiger partial charge on any atom is -0.496 e. The van der Waals surface area contributed by atoms with Crippen LogP contribution in [0.4, 0.5) is 0 Å². The first kappa shape index (κ1) is 25.8. The van der Waals surface area contributed by atoms with Gasteiger partial charge in [-0.25, -0.2) is 4.83 Å². The summed E-state index contributed by atoms with van der Waals surface area (Å²) in [5.41, 5.74) is 7.93. The highest BCUT2D eigenvalue weighted by atomic mass is 32.2. The molecule has 8 nitrogen and oxygen atoms in total. The molecular weight excluding hydrogens is 466 g/mol. The van der Waals surface area contributed by atoms with E-state index in [1.54, 1.807) is 66.7 Å². The van der Waals surface area contributed by atoms with Gasteiger partial charge in [-0.3, -0.25) is 4.79 Å². The van der Waals surface area contributed by atoms with Crippen LogP contribution < -0.4 is 20.0 Å². The number of primary amides is 1. The topological polar surface area (TPSA) is 120 Å². The first-order valence-electron chi connectivity index (χ1n) is 10.9. The lowest BCUT2D eigenvalue weighted by molar-refractivity contribution is 0.0996. The van der Waals surface area contributed by atoms with Crippen molar-refractivity contribution in [2.24, 2.45) is 10.8 Å². The second-order valence-electron chi connectivity index (χ2n) is 8.85. The molecule has 0 unspecified atom stereocenters. The molecule has 0 aromatic heterocycles. The monoisotopic (exact) mass is 495 g/mol. The van der Waals surface area contributed by atoms with E-state index in [2.05, 4.69) is 30.7 Å². The van der Waals surface area contributed by atoms with Crippen LogP contribution >= 0.6 is 0 Å². The predicted molar refractivity (Wildman–Crippen MR) is 135 cm³/mol. The van der Waals surface area contributed by atoms with Crippen molar-refractivity contribution in [2.45, 2.75) is 37.7 Å². The van der Waals surface area contributed by atoms with E-state index < -0.39 is 15.9 Å². The largest absolute Gasteiger partial charge is 0.496 e. The zero-order valence-corrected chi connectivity index (χ0v) is 20.9. The van der Waals surface area contributed by atoms with Crippen molar-refractivity contribution in [1.82, 2.24) is 4.83 Å². The maximum absolute atomic E-state index is 12.6. The highest BCUT2D eigenvalue weighted by Gasteiger charge is 2.17. The molecular formula is C26H29N3O5S. The number of carbonyl (C=O) groups is 1. The van der Waals surface area contributed by atoms with Crippen molar-refractivity contribution in [3.05, 3.63) is 89.0 Å². The molecule has 1 amide bonds. The lowest BCUT2D eigenvalue weighted by Gasteiger charge is -2.19. The standard InChI is InChI=1S/C26H29N3O5S/c1-26(2,3)20-10-12-21(13-11-20)35(31,32)29-28-16-18-9-14-23(33-4)19(15-18)17-34-24-8-6-5-7-22(24)25(27)30/h5-16,29H,17H2,1-4H3,(H2,27,30)/b28-16-. The number of amides is 1. The summed E-state index contributed by atoms with van der Waals surface area (Å²) < 4.78 is 36.4. The van der Waals surface area contributed by atoms with Gasteiger partial charge in [0.15, 0.2) is 0 Å². The lowest BCUT2D eigenvalue weighted by Crippen LogP contribution is -2.19. The van der Waals surface area contributed by atoms with Crippen LogP contribution in [-0.4, -0.2) is 27.6 Å². The maximum Gasteiger partial charge on any atom is 0.276 e. The summed E-state index contributed by atoms with van der Waals surface area (Å²) in [6.45, 7) is 6.28. The van der Waals surface area contributed by atoms with Crippen LogP contribution in [0.3, 0.4) is 0 Å². The molecule has 9 heteroatoms. The summed E-state index contributed by atoms with van der Waals surface area (Å²) in [5, 5.41) is 3.91. The van der Waals surface area contributed by atoms with Gasteiger partial charge in [0.05, 0.1) is 23.8 Å². The minimum atomic E-state index is -3.82. The average molecular weight is 496 g/mol. The van der Waals surface area contributed by atoms with Crippen LogP contribution in [0, 0.1) is 0 Å². The molecule has 3 aromatic rings. The van der Waals surface area contributed by atoms with Gasteiger partial charge in [-0.2, -0.15) is 13.5 Å². The molecule has 0 atom stereocenters. The summed E-state index contributed by atoms with van der Waals surface area (Å²) in [6, 6.07) is 18.6. The van der Waals surface area contributed by atoms with Gasteiger partial charge < -0.3 is 15.2 Å². The predicted octanol–water partition coefficient (Wildman–Crippen LogP) is 3.98. The van der Waals surface area contributed by atoms with Gasteiger partial charge in [-0.1, -0.05) is 45.0 Å². The number of rotatable bonds is 9. The Morgan fingerprint density at radius 1 is 1.03 bits per heavy atom. The third-order valence-electron chi connectivity index (χ3n) is 5.26. The van der Waals surface area contributed by atoms with Crippen molar-refractivity contribution in [2.75, 3.05) is 7.11 Å². The summed E-state index contributed by atoms with van der Waals surface area (Å²) in [7, 11) is -2.29. The molecule has 0 bridgehead atoms. The number of hydrogen-bond donors (Lipinski definition) is 2. The molecule has 0 spiro atoms. The summed E-state index contributed by atoms with van der Waals surface area (Å²) in [6.07, 6.45) is 1.39. The van der Waals surface area contributed by atoms with Gasteiger partial charge in [-0.15, -0.1) is 0 Å². The number of benzene rings is 3. The molecule has 0 radical (unpaired) electrons. The number of para-hydroxylation sites is 1. The van der Waals surface area contributed by atoms with Gasteiger partial charge in [0, 0.05) is 5.56 Å². The fourth-order valence-electron chi connectivity index (χ4n) is 3.30. The Morgan fingerprint density at radius 2 is 1.71 bits per heavy atom. The number of nitrogens with two attached hydrogens (primary N) is 1. The Labute approximate surface area is 205 Å². The van der Waals surface area contributed by atoms with E-state index in [1.807, 2.05) is 0 Å². The Bertz CT molecular complexity index is 1330. The first-order chi connectivity index (χ1) is 16.5. The number of hydrogen-bond acceptors (Lipinski definition) is 6. The van der Waals surface area contributed by atoms with E-state index in [1.165, 1.54) is 13.3 Å². The van der Waals surface area contributed by atoms with Crippen molar-refractivity contribution in [3.63, 3.8) is 0 Å². The van der Waals surface area contributed by atoms with Crippen molar-refractivity contribution >= 4 is 22.1 Å². The molecule has 35 heavy (non-hydrogen) atoms. The number of nitrogens with zero attached hydrogens (tertiary/aromatic N) is 1. The molecule has 0 saturated carbocycles. The number of ether oxygens (including phenoxy) is 2. The summed E-state index contributed by atoms with van der Waals surface area (Å²) in [4.78, 5) is 14.0. The number of carbonyl (C=O) groups excluding carboxylic acids is 1. The third kappa shape index (κ3) is 6.60. The number of sulfonamides is 1. The second-order valence-corrected chi connectivity index (χ2v) is 10.5. The van der Waals surface area contributed by atoms with Gasteiger partial charge in [0.2, 0.25) is 0 Å². The van der Waals surface area contributed by atoms with Crippen LogP contribution in [0.25, 0.3) is 0 Å². The van der Waals surface area contributed by atoms with Gasteiger partial charge >= 0.3 is 0 Å². The quantitative estimate of drug-likeness (QED) is 0.344. The van der Waals surface area contributed by atoms with E-state index >= 15 is 0 Å². The van der Waals surface area contributed by atoms with Crippen LogP contribution in [0.5, 0.6) is 11.5 Å². The molecule has 0 saturated heterocycles. The van der Waals surface area contributed by atoms with Crippen molar-refractivity contribution in [3.8, 4) is 11.5 Å². The zero-order chi connectivity index (χ0) is 25.6. The van der Waals surface area contributed by atoms with Crippen LogP contribution in [0.2, 0.25) is 0 Å². The molecule has 3 N–H and O–H groups in total. The maximum atomic E-state index is 12.6. The second kappa shape index (κ2) is 10.6. The smallest absolute Gasteiger partial charge is 0.276 e. The fraction of sp³-hybridized carbons (Fsp3) is 0.231. The summed E-state index contributed by atoms with van der Waals surface area (Å²) in [5.74, 6) is 0.332. The van der Waals surface area contributed by atoms with E-state index in [4.69, 9.17) is 15.2 Å². The average Bonchev–Trinajstić information content (AvgIpc) is 2.82. The Balaban J connectivity index is 1.73. The van der Waals surface area contributed by atoms with Crippen LogP contribution in [0.1, 0.15) is 47.8 Å². The van der Waals surface area contributed by atoms with E-state index in [9.17, 15) is 13.2 Å². The summed E-state index contributed by atoms with van der Waals surface area (Å²) >= 11 is 0. The third-order valence-corrected chi connectivity index (χ3v) is 6.50. The van der Waals surface area contributed by atoms with Gasteiger partial charge in [0.1, 0.15) is 18.1 Å². The Kier molecular flexibility index (Phi) is 7.81. The molecule has 3 rings (SSSR count). The SMILES string of the molecule is COc1ccc(/C=N\NS(=O)(=O)c2ccc(C(C)(C)C)cc2)cc1COc1ccccc1C(N)=O. The lowest BCUT2D eigenvalue weighted by atomic mass is 9.87. The molecule has 184 valence electrons. The molecule has 0 heterocycles. The van der Waals surface area contributed by atoms with E-state index in [-0.39, 0.29) is 22.5 Å². The van der Waals surface area contributed by atoms with Gasteiger partial charge in [-0.05, 0) is 59.0 Å². The molecule has 0 aliphatic carbocycles. The number of methoxy groups -OCH3 is 1. The number of nitrogens with one attached hydrogen (secondary N) is 1. The molecule has 0 aliphatic rings. The van der Waals surface area contributed by atoms with E-state index in [0.29, 0.717) is 22.6 Å². The molecule has 3 aromatic carbocycles. The zero-order valence-electron chi connectivity index (χ0n) is 20.1. The van der Waals surface area contributed by atoms with Crippen molar-refractivity contribution < 1.29 is 22.7 Å². The Morgan fingerprint density at radius 3 is 2.34 bits per heavy atom. The number of hydrazone groups is 1. The minimum absolute atomic E-state index is 0.0778. The Hall–Kier alpha value is -3.85. The van der Waals surface area contributed by atoms with Crippen molar-refractivity contribution in [1.29, 1.82) is 0 Å². The highest BCUT2D eigenvalue weighted by molar-refractivity contribution is 7.89. The highest BCUT2D eigenvalue weighted by Crippen LogP contribution is 2.25. The fourth-order valence-corrected chi connectivity index (χ4v) is 4.09. The first-order valence-corrected chi connectivity index (χ1v) is 12.3. The van der Waals surface area contributed by atoms with E-state index in [0.717, 1.165) is 5.56 Å². The normalized spacial score (nSPS) is 11.9. The molecule has 0 fully saturated rings. The van der Waals surface area contributed by atoms with Gasteiger partial charge in [0.25, 0.3) is 15.9 Å². The van der Waals surface area contributed by atoms with Crippen LogP contribution in [-0.2, 0) is 22.0 Å².